The average molecular weight is 459 g/mol. The molecule has 0 aliphatic rings. The standard InChI is InChI=1S/C22H23ClN4O5/c1-27(2)22(29)15-11-17(30-3)18(31-4)12-16(15)24-19(28)9-10-20-25-21(26-32-20)13-5-7-14(23)8-6-13/h5-8,11-12H,9-10H2,1-4H3,(H,24,28). The highest BCUT2D eigenvalue weighted by molar-refractivity contribution is 6.30. The second kappa shape index (κ2) is 10.1. The molecule has 1 heterocycles. The number of carbonyl (C=O) groups excluding carboxylic acids is 2. The third kappa shape index (κ3) is 5.36. The van der Waals surface area contributed by atoms with Gasteiger partial charge in [-0.2, -0.15) is 4.98 Å². The van der Waals surface area contributed by atoms with Crippen LogP contribution in [0.1, 0.15) is 22.7 Å². The van der Waals surface area contributed by atoms with Gasteiger partial charge >= 0.3 is 0 Å². The zero-order valence-corrected chi connectivity index (χ0v) is 18.9. The molecule has 3 rings (SSSR count). The van der Waals surface area contributed by atoms with Crippen LogP contribution < -0.4 is 14.8 Å². The van der Waals surface area contributed by atoms with E-state index < -0.39 is 0 Å². The molecular formula is C22H23ClN4O5. The molecule has 1 aromatic heterocycles. The molecule has 32 heavy (non-hydrogen) atoms. The summed E-state index contributed by atoms with van der Waals surface area (Å²) >= 11 is 5.89. The van der Waals surface area contributed by atoms with E-state index in [4.69, 9.17) is 25.6 Å². The van der Waals surface area contributed by atoms with E-state index in [0.29, 0.717) is 33.9 Å². The summed E-state index contributed by atoms with van der Waals surface area (Å²) in [6.45, 7) is 0. The van der Waals surface area contributed by atoms with E-state index in [2.05, 4.69) is 15.5 Å². The molecule has 0 bridgehead atoms. The van der Waals surface area contributed by atoms with Crippen LogP contribution in [0.15, 0.2) is 40.9 Å². The van der Waals surface area contributed by atoms with Crippen molar-refractivity contribution in [2.24, 2.45) is 0 Å². The van der Waals surface area contributed by atoms with Crippen molar-refractivity contribution < 1.29 is 23.6 Å². The van der Waals surface area contributed by atoms with Crippen molar-refractivity contribution in [3.63, 3.8) is 0 Å². The minimum absolute atomic E-state index is 0.0756. The Morgan fingerprint density at radius 2 is 1.75 bits per heavy atom. The lowest BCUT2D eigenvalue weighted by Crippen LogP contribution is -2.24. The Morgan fingerprint density at radius 1 is 1.09 bits per heavy atom. The number of benzene rings is 2. The van der Waals surface area contributed by atoms with E-state index in [1.807, 2.05) is 0 Å². The van der Waals surface area contributed by atoms with Crippen LogP contribution >= 0.6 is 11.6 Å². The fraction of sp³-hybridized carbons (Fsp3) is 0.273. The van der Waals surface area contributed by atoms with Crippen LogP contribution in [-0.4, -0.2) is 55.2 Å². The van der Waals surface area contributed by atoms with Gasteiger partial charge in [0.25, 0.3) is 5.91 Å². The summed E-state index contributed by atoms with van der Waals surface area (Å²) in [4.78, 5) is 30.9. The number of aromatic nitrogens is 2. The smallest absolute Gasteiger partial charge is 0.255 e. The van der Waals surface area contributed by atoms with E-state index >= 15 is 0 Å². The number of nitrogens with zero attached hydrogens (tertiary/aromatic N) is 3. The predicted octanol–water partition coefficient (Wildman–Crippen LogP) is 3.68. The van der Waals surface area contributed by atoms with E-state index in [1.54, 1.807) is 44.4 Å². The SMILES string of the molecule is COc1cc(NC(=O)CCc2nc(-c3ccc(Cl)cc3)no2)c(C(=O)N(C)C)cc1OC. The van der Waals surface area contributed by atoms with Crippen LogP contribution in [0.5, 0.6) is 11.5 Å². The second-order valence-electron chi connectivity index (χ2n) is 7.02. The van der Waals surface area contributed by atoms with Gasteiger partial charge in [-0.05, 0) is 30.3 Å². The quantitative estimate of drug-likeness (QED) is 0.548. The predicted molar refractivity (Wildman–Crippen MR) is 119 cm³/mol. The van der Waals surface area contributed by atoms with Gasteiger partial charge in [-0.25, -0.2) is 0 Å². The number of methoxy groups -OCH3 is 2. The third-order valence-corrected chi connectivity index (χ3v) is 4.82. The Labute approximate surface area is 190 Å². The maximum atomic E-state index is 12.6. The number of hydrogen-bond donors (Lipinski definition) is 1. The maximum absolute atomic E-state index is 12.6. The van der Waals surface area contributed by atoms with Crippen molar-refractivity contribution in [1.82, 2.24) is 15.0 Å². The van der Waals surface area contributed by atoms with Gasteiger partial charge in [-0.1, -0.05) is 16.8 Å². The van der Waals surface area contributed by atoms with Crippen molar-refractivity contribution in [3.05, 3.63) is 52.9 Å². The van der Waals surface area contributed by atoms with Gasteiger partial charge in [0.05, 0.1) is 25.5 Å². The van der Waals surface area contributed by atoms with E-state index in [0.717, 1.165) is 5.56 Å². The normalized spacial score (nSPS) is 10.5. The summed E-state index contributed by atoms with van der Waals surface area (Å²) in [6.07, 6.45) is 0.308. The largest absolute Gasteiger partial charge is 0.493 e. The van der Waals surface area contributed by atoms with Crippen molar-refractivity contribution in [1.29, 1.82) is 0 Å². The van der Waals surface area contributed by atoms with Crippen molar-refractivity contribution in [2.75, 3.05) is 33.6 Å². The monoisotopic (exact) mass is 458 g/mol. The molecular weight excluding hydrogens is 436 g/mol. The molecule has 168 valence electrons. The Kier molecular flexibility index (Phi) is 7.32. The molecule has 0 saturated carbocycles. The Balaban J connectivity index is 1.72. The molecule has 0 radical (unpaired) electrons. The molecule has 9 nitrogen and oxygen atoms in total. The van der Waals surface area contributed by atoms with Gasteiger partial charge < -0.3 is 24.2 Å². The molecule has 2 aromatic carbocycles. The first kappa shape index (κ1) is 23.1. The van der Waals surface area contributed by atoms with Gasteiger partial charge in [-0.15, -0.1) is 0 Å². The van der Waals surface area contributed by atoms with E-state index in [-0.39, 0.29) is 30.2 Å². The highest BCUT2D eigenvalue weighted by Gasteiger charge is 2.20. The number of rotatable bonds is 8. The first-order valence-corrected chi connectivity index (χ1v) is 10.1. The molecule has 0 aliphatic carbocycles. The number of ether oxygens (including phenoxy) is 2. The molecule has 2 amide bonds. The summed E-state index contributed by atoms with van der Waals surface area (Å²) in [5, 5.41) is 7.30. The third-order valence-electron chi connectivity index (χ3n) is 4.57. The number of hydrogen-bond acceptors (Lipinski definition) is 7. The number of carbonyl (C=O) groups is 2. The summed E-state index contributed by atoms with van der Waals surface area (Å²) in [6, 6.07) is 10.1. The lowest BCUT2D eigenvalue weighted by molar-refractivity contribution is -0.116. The van der Waals surface area contributed by atoms with Crippen LogP contribution in [0.4, 0.5) is 5.69 Å². The van der Waals surface area contributed by atoms with Crippen LogP contribution in [-0.2, 0) is 11.2 Å². The fourth-order valence-electron chi connectivity index (χ4n) is 2.91. The van der Waals surface area contributed by atoms with Crippen LogP contribution in [0.3, 0.4) is 0 Å². The molecule has 3 aromatic rings. The topological polar surface area (TPSA) is 107 Å². The first-order valence-electron chi connectivity index (χ1n) is 9.68. The van der Waals surface area contributed by atoms with Crippen LogP contribution in [0.2, 0.25) is 5.02 Å². The molecule has 1 N–H and O–H groups in total. The van der Waals surface area contributed by atoms with Gasteiger partial charge in [0.2, 0.25) is 17.6 Å². The van der Waals surface area contributed by atoms with Gasteiger partial charge in [0.1, 0.15) is 0 Å². The molecule has 0 aliphatic heterocycles. The number of amides is 2. The minimum atomic E-state index is -0.323. The van der Waals surface area contributed by atoms with Gasteiger partial charge in [-0.3, -0.25) is 9.59 Å². The number of aryl methyl sites for hydroxylation is 1. The summed E-state index contributed by atoms with van der Waals surface area (Å²) in [5.74, 6) is 0.902. The zero-order valence-electron chi connectivity index (χ0n) is 18.1. The second-order valence-corrected chi connectivity index (χ2v) is 7.46. The van der Waals surface area contributed by atoms with Crippen molar-refractivity contribution in [2.45, 2.75) is 12.8 Å². The van der Waals surface area contributed by atoms with Gasteiger partial charge in [0.15, 0.2) is 11.5 Å². The minimum Gasteiger partial charge on any atom is -0.493 e. The Bertz CT molecular complexity index is 1110. The van der Waals surface area contributed by atoms with E-state index in [9.17, 15) is 9.59 Å². The Hall–Kier alpha value is -3.59. The van der Waals surface area contributed by atoms with Crippen LogP contribution in [0, 0.1) is 0 Å². The zero-order chi connectivity index (χ0) is 23.3. The summed E-state index contributed by atoms with van der Waals surface area (Å²) < 4.78 is 15.8. The van der Waals surface area contributed by atoms with Crippen LogP contribution in [0.25, 0.3) is 11.4 Å². The van der Waals surface area contributed by atoms with Crippen molar-refractivity contribution in [3.8, 4) is 22.9 Å². The maximum Gasteiger partial charge on any atom is 0.255 e. The molecule has 0 unspecified atom stereocenters. The number of anilines is 1. The highest BCUT2D eigenvalue weighted by Crippen LogP contribution is 2.34. The molecule has 0 atom stereocenters. The summed E-state index contributed by atoms with van der Waals surface area (Å²) in [7, 11) is 6.20. The lowest BCUT2D eigenvalue weighted by Gasteiger charge is -2.17. The lowest BCUT2D eigenvalue weighted by atomic mass is 10.1. The average Bonchev–Trinajstić information content (AvgIpc) is 3.26. The molecule has 10 heteroatoms. The van der Waals surface area contributed by atoms with Gasteiger partial charge in [0, 0.05) is 43.6 Å². The Morgan fingerprint density at radius 3 is 2.38 bits per heavy atom. The molecule has 0 fully saturated rings. The molecule has 0 saturated heterocycles. The number of nitrogens with one attached hydrogen (secondary N) is 1. The highest BCUT2D eigenvalue weighted by atomic mass is 35.5. The number of halogens is 1. The van der Waals surface area contributed by atoms with E-state index in [1.165, 1.54) is 25.2 Å². The van der Waals surface area contributed by atoms with Crippen molar-refractivity contribution >= 4 is 29.1 Å². The molecule has 0 spiro atoms. The fourth-order valence-corrected chi connectivity index (χ4v) is 3.03. The first-order chi connectivity index (χ1) is 15.3. The summed E-state index contributed by atoms with van der Waals surface area (Å²) in [5.41, 5.74) is 1.36.